The van der Waals surface area contributed by atoms with E-state index in [2.05, 4.69) is 0 Å². The highest BCUT2D eigenvalue weighted by Gasteiger charge is 2.51. The first-order valence-corrected chi connectivity index (χ1v) is 14.7. The Morgan fingerprint density at radius 1 is 0.810 bits per heavy atom. The lowest BCUT2D eigenvalue weighted by Gasteiger charge is -2.57. The second-order valence-electron chi connectivity index (χ2n) is 10.4. The summed E-state index contributed by atoms with van der Waals surface area (Å²) in [5.74, 6) is -1.83. The molecule has 1 unspecified atom stereocenters. The van der Waals surface area contributed by atoms with Crippen molar-refractivity contribution < 1.29 is 44.3 Å². The lowest BCUT2D eigenvalue weighted by Crippen LogP contribution is -2.67. The highest BCUT2D eigenvalue weighted by atomic mass is 32.2. The molecule has 0 aromatic heterocycles. The third-order valence-corrected chi connectivity index (χ3v) is 9.98. The zero-order chi connectivity index (χ0) is 30.4. The number of alkyl halides is 6. The lowest BCUT2D eigenvalue weighted by molar-refractivity contribution is -0.140. The Balaban J connectivity index is 1.46. The summed E-state index contributed by atoms with van der Waals surface area (Å²) in [4.78, 5) is 1.11. The van der Waals surface area contributed by atoms with Gasteiger partial charge in [-0.2, -0.15) is 30.6 Å². The van der Waals surface area contributed by atoms with E-state index >= 15 is 0 Å². The topological polar surface area (TPSA) is 60.9 Å². The average Bonchev–Trinajstić information content (AvgIpc) is 2.91. The van der Waals surface area contributed by atoms with Crippen molar-refractivity contribution in [2.45, 2.75) is 48.1 Å². The molecule has 0 bridgehead atoms. The molecule has 3 atom stereocenters. The van der Waals surface area contributed by atoms with Crippen LogP contribution in [0.25, 0.3) is 11.1 Å². The fourth-order valence-electron chi connectivity index (χ4n) is 6.05. The van der Waals surface area contributed by atoms with E-state index < -0.39 is 62.2 Å². The molecule has 3 aromatic carbocycles. The number of fused-ring (bicyclic) bond motifs is 1. The van der Waals surface area contributed by atoms with Gasteiger partial charge in [0.1, 0.15) is 5.82 Å². The summed E-state index contributed by atoms with van der Waals surface area (Å²) in [5, 5.41) is 10.2. The normalized spacial score (nSPS) is 22.6. The lowest BCUT2D eigenvalue weighted by atomic mass is 9.74. The average molecular weight is 617 g/mol. The summed E-state index contributed by atoms with van der Waals surface area (Å²) < 4.78 is 124. The minimum atomic E-state index is -4.87. The Hall–Kier alpha value is -3.00. The van der Waals surface area contributed by atoms with Crippen LogP contribution >= 0.6 is 0 Å². The maximum Gasteiger partial charge on any atom is 0.419 e. The Morgan fingerprint density at radius 3 is 2.07 bits per heavy atom. The molecule has 3 aromatic rings. The molecule has 0 saturated carbocycles. The molecule has 0 spiro atoms. The number of hydrogen-bond acceptors (Lipinski definition) is 4. The van der Waals surface area contributed by atoms with E-state index in [1.54, 1.807) is 12.1 Å². The maximum absolute atomic E-state index is 14.7. The van der Waals surface area contributed by atoms with Crippen LogP contribution in [0.15, 0.2) is 71.6 Å². The largest absolute Gasteiger partial charge is 0.419 e. The predicted octanol–water partition coefficient (Wildman–Crippen LogP) is 6.14. The van der Waals surface area contributed by atoms with E-state index in [9.17, 15) is 44.3 Å². The van der Waals surface area contributed by atoms with E-state index in [1.165, 1.54) is 24.3 Å². The van der Waals surface area contributed by atoms with E-state index in [-0.39, 0.29) is 30.8 Å². The molecular formula is C29H27F7N2O3S. The van der Waals surface area contributed by atoms with E-state index in [4.69, 9.17) is 0 Å². The standard InChI is InChI=1S/C29H27F7N2O3S/c30-27-20(6-5-8-22(27)29(34,35)36)18-10-12-19(13-11-18)26-23-16-37(14-3-4-15-38(23)24(26)17-39)42(40,41)25-9-2-1-7-21(25)28(31,32)33/h1-2,5-13,23-24,26,39H,3-4,14-17H2/t23-,24+,26?/m0/s1. The minimum absolute atomic E-state index is 0.0170. The van der Waals surface area contributed by atoms with Gasteiger partial charge in [-0.3, -0.25) is 4.90 Å². The molecule has 0 radical (unpaired) electrons. The van der Waals surface area contributed by atoms with Gasteiger partial charge in [-0.1, -0.05) is 48.5 Å². The van der Waals surface area contributed by atoms with Gasteiger partial charge < -0.3 is 5.11 Å². The van der Waals surface area contributed by atoms with Gasteiger partial charge in [0.25, 0.3) is 0 Å². The number of rotatable bonds is 5. The summed E-state index contributed by atoms with van der Waals surface area (Å²) in [7, 11) is -4.54. The fraction of sp³-hybridized carbons (Fsp3) is 0.379. The molecule has 2 fully saturated rings. The van der Waals surface area contributed by atoms with E-state index in [0.717, 1.165) is 28.6 Å². The number of benzene rings is 3. The highest BCUT2D eigenvalue weighted by molar-refractivity contribution is 7.89. The molecule has 2 aliphatic rings. The Morgan fingerprint density at radius 2 is 1.43 bits per heavy atom. The van der Waals surface area contributed by atoms with Crippen LogP contribution in [0.5, 0.6) is 0 Å². The molecule has 2 aliphatic heterocycles. The summed E-state index contributed by atoms with van der Waals surface area (Å²) in [6, 6.07) is 12.3. The van der Waals surface area contributed by atoms with Crippen LogP contribution in [-0.4, -0.2) is 61.1 Å². The number of halogens is 7. The Labute approximate surface area is 238 Å². The van der Waals surface area contributed by atoms with Gasteiger partial charge in [0.15, 0.2) is 0 Å². The molecule has 42 heavy (non-hydrogen) atoms. The summed E-state index contributed by atoms with van der Waals surface area (Å²) in [5.41, 5.74) is -2.04. The molecule has 2 heterocycles. The number of sulfonamides is 1. The van der Waals surface area contributed by atoms with Crippen LogP contribution in [0.1, 0.15) is 35.4 Å². The molecule has 2 saturated heterocycles. The fourth-order valence-corrected chi connectivity index (χ4v) is 7.76. The van der Waals surface area contributed by atoms with Gasteiger partial charge in [0.05, 0.1) is 22.6 Å². The van der Waals surface area contributed by atoms with Gasteiger partial charge in [0, 0.05) is 36.7 Å². The van der Waals surface area contributed by atoms with Crippen LogP contribution < -0.4 is 0 Å². The van der Waals surface area contributed by atoms with Crippen LogP contribution in [0.4, 0.5) is 30.7 Å². The van der Waals surface area contributed by atoms with Crippen molar-refractivity contribution in [2.75, 3.05) is 26.2 Å². The number of aliphatic hydroxyl groups excluding tert-OH is 1. The number of hydrogen-bond donors (Lipinski definition) is 1. The predicted molar refractivity (Wildman–Crippen MR) is 140 cm³/mol. The van der Waals surface area contributed by atoms with Gasteiger partial charge in [-0.15, -0.1) is 0 Å². The zero-order valence-electron chi connectivity index (χ0n) is 22.0. The van der Waals surface area contributed by atoms with Gasteiger partial charge in [0.2, 0.25) is 10.0 Å². The van der Waals surface area contributed by atoms with Crippen molar-refractivity contribution >= 4 is 10.0 Å². The van der Waals surface area contributed by atoms with Crippen LogP contribution in [-0.2, 0) is 22.4 Å². The van der Waals surface area contributed by atoms with Crippen molar-refractivity contribution in [2.24, 2.45) is 0 Å². The SMILES string of the molecule is O=S(=O)(c1ccccc1C(F)(F)F)N1CCCCN2[C@H](CO)C(c3ccc(-c4cccc(C(F)(F)F)c4F)cc3)[C@@H]2C1. The monoisotopic (exact) mass is 616 g/mol. The Bertz CT molecular complexity index is 1540. The quantitative estimate of drug-likeness (QED) is 0.350. The third-order valence-electron chi connectivity index (χ3n) is 8.05. The summed E-state index contributed by atoms with van der Waals surface area (Å²) in [6.45, 7) is 0.171. The molecule has 226 valence electrons. The summed E-state index contributed by atoms with van der Waals surface area (Å²) >= 11 is 0. The first kappa shape index (κ1) is 30.5. The van der Waals surface area contributed by atoms with E-state index in [1.807, 2.05) is 4.90 Å². The molecule has 13 heteroatoms. The van der Waals surface area contributed by atoms with Crippen molar-refractivity contribution in [3.8, 4) is 11.1 Å². The zero-order valence-corrected chi connectivity index (χ0v) is 22.9. The second-order valence-corrected chi connectivity index (χ2v) is 12.3. The van der Waals surface area contributed by atoms with Crippen molar-refractivity contribution in [1.82, 2.24) is 9.21 Å². The molecule has 5 rings (SSSR count). The molecule has 0 aliphatic carbocycles. The third kappa shape index (κ3) is 5.54. The number of nitrogens with zero attached hydrogens (tertiary/aromatic N) is 2. The van der Waals surface area contributed by atoms with Crippen molar-refractivity contribution in [3.05, 3.63) is 89.2 Å². The molecule has 5 nitrogen and oxygen atoms in total. The van der Waals surface area contributed by atoms with Crippen LogP contribution in [0, 0.1) is 5.82 Å². The van der Waals surface area contributed by atoms with Gasteiger partial charge in [-0.05, 0) is 48.7 Å². The molecule has 0 amide bonds. The van der Waals surface area contributed by atoms with Crippen LogP contribution in [0.3, 0.4) is 0 Å². The van der Waals surface area contributed by atoms with E-state index in [0.29, 0.717) is 31.0 Å². The highest BCUT2D eigenvalue weighted by Crippen LogP contribution is 2.44. The molecular weight excluding hydrogens is 589 g/mol. The maximum atomic E-state index is 14.7. The Kier molecular flexibility index (Phi) is 8.16. The van der Waals surface area contributed by atoms with Crippen molar-refractivity contribution in [1.29, 1.82) is 0 Å². The van der Waals surface area contributed by atoms with Crippen molar-refractivity contribution in [3.63, 3.8) is 0 Å². The van der Waals surface area contributed by atoms with Crippen LogP contribution in [0.2, 0.25) is 0 Å². The van der Waals surface area contributed by atoms with Gasteiger partial charge in [-0.25, -0.2) is 12.8 Å². The molecule has 1 N–H and O–H groups in total. The number of aliphatic hydroxyl groups is 1. The van der Waals surface area contributed by atoms with Gasteiger partial charge >= 0.3 is 12.4 Å². The summed E-state index contributed by atoms with van der Waals surface area (Å²) in [6.07, 6.45) is -8.77. The first-order valence-electron chi connectivity index (χ1n) is 13.2. The smallest absolute Gasteiger partial charge is 0.395 e. The first-order chi connectivity index (χ1) is 19.7. The minimum Gasteiger partial charge on any atom is -0.395 e. The second kappa shape index (κ2) is 11.3.